The van der Waals surface area contributed by atoms with Gasteiger partial charge in [-0.05, 0) is 25.7 Å². The van der Waals surface area contributed by atoms with Crippen molar-refractivity contribution in [3.8, 4) is 0 Å². The number of hydrogen-bond acceptors (Lipinski definition) is 2. The van der Waals surface area contributed by atoms with Crippen LogP contribution in [0.3, 0.4) is 0 Å². The smallest absolute Gasteiger partial charge is 0.101 e. The van der Waals surface area contributed by atoms with Crippen LogP contribution in [0.25, 0.3) is 0 Å². The molecule has 0 amide bonds. The Morgan fingerprint density at radius 3 is 0.814 bits per heavy atom. The van der Waals surface area contributed by atoms with Crippen LogP contribution in [0.4, 0.5) is 0 Å². The SMILES string of the molecule is CCCCCCCCCCCCCCCCCN1C=CN(CCCCCCCCC)C1CCCCCCCCCCCC. The summed E-state index contributed by atoms with van der Waals surface area (Å²) in [6.07, 6.45) is 52.9. The maximum Gasteiger partial charge on any atom is 0.101 e. The lowest BCUT2D eigenvalue weighted by Crippen LogP contribution is -2.39. The van der Waals surface area contributed by atoms with Crippen molar-refractivity contribution in [2.75, 3.05) is 13.1 Å². The molecular weight excluding hydrogens is 520 g/mol. The average Bonchev–Trinajstić information content (AvgIpc) is 3.40. The molecule has 0 aliphatic carbocycles. The minimum absolute atomic E-state index is 0.640. The van der Waals surface area contributed by atoms with Crippen LogP contribution in [0, 0.1) is 0 Å². The van der Waals surface area contributed by atoms with Gasteiger partial charge in [-0.2, -0.15) is 0 Å². The third-order valence-corrected chi connectivity index (χ3v) is 10.1. The topological polar surface area (TPSA) is 6.48 Å². The molecule has 0 fully saturated rings. The number of unbranched alkanes of at least 4 members (excludes halogenated alkanes) is 29. The molecule has 1 atom stereocenters. The molecule has 2 nitrogen and oxygen atoms in total. The van der Waals surface area contributed by atoms with Crippen LogP contribution >= 0.6 is 0 Å². The van der Waals surface area contributed by atoms with Crippen LogP contribution in [0.15, 0.2) is 12.4 Å². The van der Waals surface area contributed by atoms with E-state index >= 15 is 0 Å². The van der Waals surface area contributed by atoms with Gasteiger partial charge in [0.05, 0.1) is 0 Å². The van der Waals surface area contributed by atoms with Gasteiger partial charge in [-0.15, -0.1) is 0 Å². The van der Waals surface area contributed by atoms with Crippen LogP contribution in [0.1, 0.15) is 233 Å². The molecule has 1 unspecified atom stereocenters. The molecule has 0 aromatic carbocycles. The molecule has 0 radical (unpaired) electrons. The predicted octanol–water partition coefficient (Wildman–Crippen LogP) is 14.3. The highest BCUT2D eigenvalue weighted by Gasteiger charge is 2.24. The highest BCUT2D eigenvalue weighted by molar-refractivity contribution is 4.97. The summed E-state index contributed by atoms with van der Waals surface area (Å²) in [5, 5.41) is 0. The molecule has 0 aromatic rings. The number of hydrogen-bond donors (Lipinski definition) is 0. The summed E-state index contributed by atoms with van der Waals surface area (Å²) >= 11 is 0. The maximum absolute atomic E-state index is 2.72. The zero-order valence-electron chi connectivity index (χ0n) is 30.4. The highest BCUT2D eigenvalue weighted by Crippen LogP contribution is 2.24. The third-order valence-electron chi connectivity index (χ3n) is 10.1. The van der Waals surface area contributed by atoms with Crippen molar-refractivity contribution in [1.29, 1.82) is 0 Å². The van der Waals surface area contributed by atoms with Crippen molar-refractivity contribution in [3.63, 3.8) is 0 Å². The zero-order chi connectivity index (χ0) is 30.9. The summed E-state index contributed by atoms with van der Waals surface area (Å²) in [5.41, 5.74) is 0. The van der Waals surface area contributed by atoms with Gasteiger partial charge < -0.3 is 9.80 Å². The van der Waals surface area contributed by atoms with Crippen molar-refractivity contribution in [2.45, 2.75) is 239 Å². The van der Waals surface area contributed by atoms with E-state index in [-0.39, 0.29) is 0 Å². The molecule has 1 rings (SSSR count). The molecule has 43 heavy (non-hydrogen) atoms. The Morgan fingerprint density at radius 2 is 0.535 bits per heavy atom. The number of rotatable bonds is 35. The summed E-state index contributed by atoms with van der Waals surface area (Å²) < 4.78 is 0. The van der Waals surface area contributed by atoms with Gasteiger partial charge in [0.2, 0.25) is 0 Å². The van der Waals surface area contributed by atoms with Crippen LogP contribution in [0.2, 0.25) is 0 Å². The fourth-order valence-corrected chi connectivity index (χ4v) is 7.07. The van der Waals surface area contributed by atoms with E-state index in [1.807, 2.05) is 0 Å². The van der Waals surface area contributed by atoms with Crippen LogP contribution in [0.5, 0.6) is 0 Å². The molecule has 2 heteroatoms. The van der Waals surface area contributed by atoms with Crippen molar-refractivity contribution >= 4 is 0 Å². The minimum atomic E-state index is 0.640. The van der Waals surface area contributed by atoms with E-state index in [1.165, 1.54) is 225 Å². The van der Waals surface area contributed by atoms with Crippen molar-refractivity contribution < 1.29 is 0 Å². The second-order valence-corrected chi connectivity index (χ2v) is 14.3. The lowest BCUT2D eigenvalue weighted by Gasteiger charge is -2.33. The lowest BCUT2D eigenvalue weighted by molar-refractivity contribution is 0.135. The first-order chi connectivity index (χ1) is 21.3. The van der Waals surface area contributed by atoms with Gasteiger partial charge in [-0.3, -0.25) is 0 Å². The van der Waals surface area contributed by atoms with E-state index in [1.54, 1.807) is 0 Å². The van der Waals surface area contributed by atoms with Crippen LogP contribution in [-0.4, -0.2) is 29.1 Å². The number of nitrogens with zero attached hydrogens (tertiary/aromatic N) is 2. The summed E-state index contributed by atoms with van der Waals surface area (Å²) in [6, 6.07) is 0. The Labute approximate surface area is 273 Å². The quantitative estimate of drug-likeness (QED) is 0.0666. The molecule has 0 saturated heterocycles. The Bertz CT molecular complexity index is 558. The zero-order valence-corrected chi connectivity index (χ0v) is 30.4. The first-order valence-electron chi connectivity index (χ1n) is 20.5. The highest BCUT2D eigenvalue weighted by atomic mass is 15.4. The van der Waals surface area contributed by atoms with Gasteiger partial charge in [0.15, 0.2) is 0 Å². The van der Waals surface area contributed by atoms with Gasteiger partial charge in [0, 0.05) is 25.5 Å². The first-order valence-corrected chi connectivity index (χ1v) is 20.5. The molecule has 0 bridgehead atoms. The third kappa shape index (κ3) is 25.2. The minimum Gasteiger partial charge on any atom is -0.356 e. The van der Waals surface area contributed by atoms with E-state index in [2.05, 4.69) is 43.0 Å². The van der Waals surface area contributed by atoms with E-state index < -0.39 is 0 Å². The Kier molecular flexibility index (Phi) is 30.7. The molecule has 0 saturated carbocycles. The molecule has 256 valence electrons. The standard InChI is InChI=1S/C41H82N2/c1-4-7-10-13-16-18-20-21-22-23-24-26-29-32-35-38-43-40-39-42(37-34-31-28-15-12-9-6-3)41(43)36-33-30-27-25-19-17-14-11-8-5-2/h39-41H,4-38H2,1-3H3. The summed E-state index contributed by atoms with van der Waals surface area (Å²) in [6.45, 7) is 9.48. The van der Waals surface area contributed by atoms with Crippen molar-refractivity contribution in [2.24, 2.45) is 0 Å². The molecule has 1 aliphatic heterocycles. The largest absolute Gasteiger partial charge is 0.356 e. The molecule has 0 N–H and O–H groups in total. The fourth-order valence-electron chi connectivity index (χ4n) is 7.07. The maximum atomic E-state index is 2.72. The van der Waals surface area contributed by atoms with Gasteiger partial charge in [0.1, 0.15) is 6.17 Å². The molecular formula is C41H82N2. The van der Waals surface area contributed by atoms with E-state index in [0.29, 0.717) is 6.17 Å². The fraction of sp³-hybridized carbons (Fsp3) is 0.951. The van der Waals surface area contributed by atoms with Crippen LogP contribution in [-0.2, 0) is 0 Å². The monoisotopic (exact) mass is 603 g/mol. The van der Waals surface area contributed by atoms with Gasteiger partial charge in [0.25, 0.3) is 0 Å². The molecule has 1 aliphatic rings. The van der Waals surface area contributed by atoms with Gasteiger partial charge in [-0.1, -0.05) is 207 Å². The Balaban J connectivity index is 2.17. The predicted molar refractivity (Wildman–Crippen MR) is 196 cm³/mol. The Hall–Kier alpha value is -0.660. The molecule has 0 spiro atoms. The van der Waals surface area contributed by atoms with E-state index in [9.17, 15) is 0 Å². The van der Waals surface area contributed by atoms with Crippen molar-refractivity contribution in [3.05, 3.63) is 12.4 Å². The molecule has 0 aromatic heterocycles. The van der Waals surface area contributed by atoms with Crippen LogP contribution < -0.4 is 0 Å². The summed E-state index contributed by atoms with van der Waals surface area (Å²) in [4.78, 5) is 5.43. The van der Waals surface area contributed by atoms with E-state index in [0.717, 1.165) is 0 Å². The van der Waals surface area contributed by atoms with Crippen molar-refractivity contribution in [1.82, 2.24) is 9.80 Å². The summed E-state index contributed by atoms with van der Waals surface area (Å²) in [5.74, 6) is 0. The Morgan fingerprint density at radius 1 is 0.302 bits per heavy atom. The lowest BCUT2D eigenvalue weighted by atomic mass is 10.0. The van der Waals surface area contributed by atoms with E-state index in [4.69, 9.17) is 0 Å². The normalized spacial score (nSPS) is 14.9. The molecule has 1 heterocycles. The van der Waals surface area contributed by atoms with Gasteiger partial charge in [-0.25, -0.2) is 0 Å². The van der Waals surface area contributed by atoms with Gasteiger partial charge >= 0.3 is 0 Å². The second kappa shape index (κ2) is 32.7. The average molecular weight is 603 g/mol. The first kappa shape index (κ1) is 40.4. The second-order valence-electron chi connectivity index (χ2n) is 14.3. The summed E-state index contributed by atoms with van der Waals surface area (Å²) in [7, 11) is 0.